The molecule has 4 heteroatoms. The van der Waals surface area contributed by atoms with Gasteiger partial charge in [0.15, 0.2) is 0 Å². The molecular weight excluding hydrogens is 194 g/mol. The van der Waals surface area contributed by atoms with Gasteiger partial charge in [-0.2, -0.15) is 0 Å². The highest BCUT2D eigenvalue weighted by Gasteiger charge is 2.17. The third kappa shape index (κ3) is 1.87. The minimum Gasteiger partial charge on any atom is -0.394 e. The lowest BCUT2D eigenvalue weighted by atomic mass is 10.0. The third-order valence-electron chi connectivity index (χ3n) is 2.47. The van der Waals surface area contributed by atoms with Gasteiger partial charge in [-0.15, -0.1) is 0 Å². The van der Waals surface area contributed by atoms with Crippen molar-refractivity contribution in [1.29, 1.82) is 0 Å². The van der Waals surface area contributed by atoms with Gasteiger partial charge in [0, 0.05) is 11.7 Å². The van der Waals surface area contributed by atoms with Crippen molar-refractivity contribution in [2.24, 2.45) is 0 Å². The van der Waals surface area contributed by atoms with E-state index in [4.69, 9.17) is 5.11 Å². The normalized spacial score (nSPS) is 15.4. The van der Waals surface area contributed by atoms with Gasteiger partial charge in [0.25, 0.3) is 0 Å². The summed E-state index contributed by atoms with van der Waals surface area (Å²) in [5.74, 6) is 0. The van der Waals surface area contributed by atoms with Crippen molar-refractivity contribution >= 4 is 10.9 Å². The molecule has 0 aliphatic carbocycles. The first-order valence-corrected chi connectivity index (χ1v) is 4.76. The average Bonchev–Trinajstić information content (AvgIpc) is 2.73. The summed E-state index contributed by atoms with van der Waals surface area (Å²) in [6.07, 6.45) is -0.386. The average molecular weight is 207 g/mol. The number of H-pyrrole nitrogens is 1. The summed E-state index contributed by atoms with van der Waals surface area (Å²) in [5, 5.41) is 28.7. The third-order valence-corrected chi connectivity index (χ3v) is 2.47. The van der Waals surface area contributed by atoms with Crippen LogP contribution >= 0.6 is 0 Å². The molecule has 1 heterocycles. The molecule has 0 aliphatic rings. The van der Waals surface area contributed by atoms with Gasteiger partial charge in [-0.1, -0.05) is 12.1 Å². The first-order valence-electron chi connectivity index (χ1n) is 4.76. The Labute approximate surface area is 86.8 Å². The summed E-state index contributed by atoms with van der Waals surface area (Å²) >= 11 is 0. The fourth-order valence-electron chi connectivity index (χ4n) is 1.57. The highest BCUT2D eigenvalue weighted by molar-refractivity contribution is 5.79. The molecule has 0 fully saturated rings. The summed E-state index contributed by atoms with van der Waals surface area (Å²) in [4.78, 5) is 3.02. The molecule has 2 rings (SSSR count). The number of aromatic nitrogens is 1. The number of fused-ring (bicyclic) bond motifs is 1. The van der Waals surface area contributed by atoms with Gasteiger partial charge in [-0.3, -0.25) is 0 Å². The molecule has 1 aromatic heterocycles. The minimum absolute atomic E-state index is 0.454. The van der Waals surface area contributed by atoms with E-state index in [9.17, 15) is 10.2 Å². The SMILES string of the molecule is OCC(O)C(O)c1ccc2cc[nH]c2c1. The number of rotatable bonds is 3. The topological polar surface area (TPSA) is 76.5 Å². The summed E-state index contributed by atoms with van der Waals surface area (Å²) in [5.41, 5.74) is 1.49. The summed E-state index contributed by atoms with van der Waals surface area (Å²) in [6, 6.07) is 7.28. The van der Waals surface area contributed by atoms with Crippen molar-refractivity contribution in [1.82, 2.24) is 4.98 Å². The number of nitrogens with one attached hydrogen (secondary N) is 1. The van der Waals surface area contributed by atoms with E-state index in [1.165, 1.54) is 0 Å². The number of benzene rings is 1. The second-order valence-corrected chi connectivity index (χ2v) is 3.52. The van der Waals surface area contributed by atoms with Crippen LogP contribution in [0.15, 0.2) is 30.5 Å². The maximum atomic E-state index is 9.66. The molecule has 4 N–H and O–H groups in total. The predicted molar refractivity (Wildman–Crippen MR) is 56.4 cm³/mol. The monoisotopic (exact) mass is 207 g/mol. The summed E-state index contributed by atoms with van der Waals surface area (Å²) in [6.45, 7) is -0.454. The maximum Gasteiger partial charge on any atom is 0.107 e. The van der Waals surface area contributed by atoms with E-state index in [0.717, 1.165) is 10.9 Å². The Morgan fingerprint density at radius 2 is 2.00 bits per heavy atom. The highest BCUT2D eigenvalue weighted by atomic mass is 16.4. The van der Waals surface area contributed by atoms with Crippen LogP contribution in [0.5, 0.6) is 0 Å². The number of hydrogen-bond acceptors (Lipinski definition) is 3. The molecule has 2 aromatic rings. The fraction of sp³-hybridized carbons (Fsp3) is 0.273. The summed E-state index contributed by atoms with van der Waals surface area (Å²) in [7, 11) is 0. The van der Waals surface area contributed by atoms with Crippen molar-refractivity contribution in [2.45, 2.75) is 12.2 Å². The molecule has 15 heavy (non-hydrogen) atoms. The van der Waals surface area contributed by atoms with E-state index in [1.807, 2.05) is 18.3 Å². The van der Waals surface area contributed by atoms with Crippen LogP contribution in [0.2, 0.25) is 0 Å². The Morgan fingerprint density at radius 3 is 2.73 bits per heavy atom. The molecule has 2 atom stereocenters. The van der Waals surface area contributed by atoms with Gasteiger partial charge in [-0.05, 0) is 23.1 Å². The van der Waals surface area contributed by atoms with Gasteiger partial charge >= 0.3 is 0 Å². The van der Waals surface area contributed by atoms with Crippen LogP contribution in [0, 0.1) is 0 Å². The highest BCUT2D eigenvalue weighted by Crippen LogP contribution is 2.21. The van der Waals surface area contributed by atoms with Gasteiger partial charge in [0.2, 0.25) is 0 Å². The predicted octanol–water partition coefficient (Wildman–Crippen LogP) is 0.554. The largest absolute Gasteiger partial charge is 0.394 e. The van der Waals surface area contributed by atoms with Crippen LogP contribution in [0.1, 0.15) is 11.7 Å². The zero-order valence-corrected chi connectivity index (χ0v) is 8.09. The maximum absolute atomic E-state index is 9.66. The quantitative estimate of drug-likeness (QED) is 0.593. The van der Waals surface area contributed by atoms with Crippen molar-refractivity contribution in [2.75, 3.05) is 6.61 Å². The lowest BCUT2D eigenvalue weighted by Gasteiger charge is -2.15. The second-order valence-electron chi connectivity index (χ2n) is 3.52. The van der Waals surface area contributed by atoms with Crippen molar-refractivity contribution < 1.29 is 15.3 Å². The van der Waals surface area contributed by atoms with Crippen molar-refractivity contribution in [3.05, 3.63) is 36.0 Å². The van der Waals surface area contributed by atoms with E-state index in [0.29, 0.717) is 5.56 Å². The Bertz CT molecular complexity index is 452. The van der Waals surface area contributed by atoms with Crippen LogP contribution in [-0.2, 0) is 0 Å². The molecule has 0 aliphatic heterocycles. The first-order chi connectivity index (χ1) is 7.22. The molecule has 0 amide bonds. The van der Waals surface area contributed by atoms with E-state index in [2.05, 4.69) is 4.98 Å². The first kappa shape index (κ1) is 10.2. The van der Waals surface area contributed by atoms with E-state index in [-0.39, 0.29) is 0 Å². The van der Waals surface area contributed by atoms with Crippen LogP contribution in [-0.4, -0.2) is 33.0 Å². The fourth-order valence-corrected chi connectivity index (χ4v) is 1.57. The molecule has 80 valence electrons. The molecule has 1 aromatic carbocycles. The molecule has 0 saturated heterocycles. The Morgan fingerprint density at radius 1 is 1.20 bits per heavy atom. The van der Waals surface area contributed by atoms with Crippen LogP contribution in [0.25, 0.3) is 10.9 Å². The molecular formula is C11H13NO3. The second kappa shape index (κ2) is 4.02. The summed E-state index contributed by atoms with van der Waals surface area (Å²) < 4.78 is 0. The van der Waals surface area contributed by atoms with Gasteiger partial charge in [0.1, 0.15) is 12.2 Å². The Kier molecular flexibility index (Phi) is 2.73. The molecule has 0 bridgehead atoms. The lowest BCUT2D eigenvalue weighted by molar-refractivity contribution is -0.0152. The Balaban J connectivity index is 2.35. The van der Waals surface area contributed by atoms with Crippen LogP contribution in [0.3, 0.4) is 0 Å². The van der Waals surface area contributed by atoms with E-state index >= 15 is 0 Å². The molecule has 0 radical (unpaired) electrons. The van der Waals surface area contributed by atoms with Crippen LogP contribution < -0.4 is 0 Å². The molecule has 0 saturated carbocycles. The zero-order chi connectivity index (χ0) is 10.8. The lowest BCUT2D eigenvalue weighted by Crippen LogP contribution is -2.21. The Hall–Kier alpha value is -1.36. The number of aliphatic hydroxyl groups excluding tert-OH is 3. The molecule has 4 nitrogen and oxygen atoms in total. The van der Waals surface area contributed by atoms with Gasteiger partial charge in [0.05, 0.1) is 6.61 Å². The van der Waals surface area contributed by atoms with E-state index in [1.54, 1.807) is 12.1 Å². The molecule has 0 spiro atoms. The number of aliphatic hydroxyl groups is 3. The number of hydrogen-bond donors (Lipinski definition) is 4. The van der Waals surface area contributed by atoms with Gasteiger partial charge < -0.3 is 20.3 Å². The van der Waals surface area contributed by atoms with Crippen molar-refractivity contribution in [3.63, 3.8) is 0 Å². The smallest absolute Gasteiger partial charge is 0.107 e. The standard InChI is InChI=1S/C11H13NO3/c13-6-10(14)11(15)8-2-1-7-3-4-12-9(7)5-8/h1-5,10-15H,6H2. The van der Waals surface area contributed by atoms with Crippen molar-refractivity contribution in [3.8, 4) is 0 Å². The number of aromatic amines is 1. The van der Waals surface area contributed by atoms with E-state index < -0.39 is 18.8 Å². The minimum atomic E-state index is -1.14. The van der Waals surface area contributed by atoms with Crippen LogP contribution in [0.4, 0.5) is 0 Å². The van der Waals surface area contributed by atoms with Gasteiger partial charge in [-0.25, -0.2) is 0 Å². The molecule has 2 unspecified atom stereocenters. The zero-order valence-electron chi connectivity index (χ0n) is 8.09.